The molecular formula is C11H15NOSi. The summed E-state index contributed by atoms with van der Waals surface area (Å²) < 4.78 is 2.02. The number of carbonyl (C=O) groups excluding carboxylic acids is 1. The number of fused-ring (bicyclic) bond motifs is 1. The smallest absolute Gasteiger partial charge is 0.206 e. The number of aromatic nitrogens is 1. The van der Waals surface area contributed by atoms with Gasteiger partial charge in [-0.2, -0.15) is 0 Å². The number of ketones is 1. The minimum absolute atomic E-state index is 0.220. The van der Waals surface area contributed by atoms with Crippen molar-refractivity contribution in [3.05, 3.63) is 35.3 Å². The molecule has 2 rings (SSSR count). The zero-order chi connectivity index (χ0) is 10.3. The number of rotatable bonds is 1. The van der Waals surface area contributed by atoms with E-state index in [2.05, 4.69) is 25.3 Å². The van der Waals surface area contributed by atoms with Gasteiger partial charge in [0.15, 0.2) is 0 Å². The molecular weight excluding hydrogens is 190 g/mol. The zero-order valence-corrected chi connectivity index (χ0v) is 9.87. The Hall–Kier alpha value is -1.09. The maximum absolute atomic E-state index is 11.9. The molecule has 1 aliphatic rings. The van der Waals surface area contributed by atoms with Crippen molar-refractivity contribution in [3.8, 4) is 0 Å². The van der Waals surface area contributed by atoms with Crippen LogP contribution in [0, 0.1) is 0 Å². The first-order valence-corrected chi connectivity index (χ1v) is 8.47. The fourth-order valence-corrected chi connectivity index (χ4v) is 3.08. The average molecular weight is 205 g/mol. The average Bonchev–Trinajstić information content (AvgIpc) is 2.55. The number of hydrogen-bond donors (Lipinski definition) is 0. The van der Waals surface area contributed by atoms with E-state index in [0.717, 1.165) is 17.8 Å². The lowest BCUT2D eigenvalue weighted by atomic mass is 10.2. The van der Waals surface area contributed by atoms with E-state index in [1.807, 2.05) is 22.9 Å². The molecule has 0 N–H and O–H groups in total. The van der Waals surface area contributed by atoms with Gasteiger partial charge in [-0.25, -0.2) is 0 Å². The van der Waals surface area contributed by atoms with Gasteiger partial charge in [0, 0.05) is 11.8 Å². The molecule has 0 amide bonds. The monoisotopic (exact) mass is 205 g/mol. The van der Waals surface area contributed by atoms with E-state index in [1.165, 1.54) is 0 Å². The Labute approximate surface area is 85.3 Å². The number of Topliss-reactive ketones (excluding diaryl/α,β-unsaturated/α-hetero) is 1. The van der Waals surface area contributed by atoms with Gasteiger partial charge in [0.2, 0.25) is 5.78 Å². The first-order chi connectivity index (χ1) is 6.47. The van der Waals surface area contributed by atoms with Gasteiger partial charge >= 0.3 is 0 Å². The Bertz CT molecular complexity index is 409. The topological polar surface area (TPSA) is 22.0 Å². The highest BCUT2D eigenvalue weighted by Gasteiger charge is 2.25. The van der Waals surface area contributed by atoms with E-state index >= 15 is 0 Å². The first kappa shape index (κ1) is 9.46. The quantitative estimate of drug-likeness (QED) is 0.510. The number of nitrogens with zero attached hydrogens (tertiary/aromatic N) is 1. The van der Waals surface area contributed by atoms with Gasteiger partial charge in [0.05, 0.1) is 20.3 Å². The highest BCUT2D eigenvalue weighted by atomic mass is 28.3. The molecule has 74 valence electrons. The summed E-state index contributed by atoms with van der Waals surface area (Å²) in [5, 5.41) is 0. The molecule has 1 aromatic heterocycles. The standard InChI is InChI=1S/C11H15NOSi/c1-14(2,3)8-9-7-12-6-4-5-10(12)11(9)13/h4-6,8H,7H2,1-3H3. The molecule has 3 heteroatoms. The fraction of sp³-hybridized carbons (Fsp3) is 0.364. The Balaban J connectivity index is 2.35. The van der Waals surface area contributed by atoms with Gasteiger partial charge in [-0.1, -0.05) is 25.3 Å². The SMILES string of the molecule is C[Si](C)(C)C=C1Cn2cccc2C1=O. The Kier molecular flexibility index (Phi) is 1.99. The molecule has 0 unspecified atom stereocenters. The molecule has 14 heavy (non-hydrogen) atoms. The molecule has 0 spiro atoms. The van der Waals surface area contributed by atoms with Crippen molar-refractivity contribution in [1.29, 1.82) is 0 Å². The van der Waals surface area contributed by atoms with Crippen LogP contribution in [0.5, 0.6) is 0 Å². The predicted molar refractivity (Wildman–Crippen MR) is 60.2 cm³/mol. The van der Waals surface area contributed by atoms with Gasteiger partial charge in [0.1, 0.15) is 0 Å². The number of carbonyl (C=O) groups is 1. The third kappa shape index (κ3) is 1.59. The van der Waals surface area contributed by atoms with E-state index in [9.17, 15) is 4.79 Å². The van der Waals surface area contributed by atoms with Crippen LogP contribution in [-0.4, -0.2) is 18.4 Å². The van der Waals surface area contributed by atoms with Crippen molar-refractivity contribution in [2.24, 2.45) is 0 Å². The summed E-state index contributed by atoms with van der Waals surface area (Å²) in [7, 11) is -1.27. The molecule has 0 saturated carbocycles. The van der Waals surface area contributed by atoms with E-state index in [4.69, 9.17) is 0 Å². The third-order valence-electron chi connectivity index (χ3n) is 2.30. The normalized spacial score (nSPS) is 19.1. The first-order valence-electron chi connectivity index (χ1n) is 4.89. The van der Waals surface area contributed by atoms with Gasteiger partial charge in [0.25, 0.3) is 0 Å². The minimum atomic E-state index is -1.27. The van der Waals surface area contributed by atoms with Crippen LogP contribution in [0.15, 0.2) is 29.6 Å². The second-order valence-corrected chi connectivity index (χ2v) is 9.91. The lowest BCUT2D eigenvalue weighted by Gasteiger charge is -2.10. The lowest BCUT2D eigenvalue weighted by molar-refractivity contribution is 0.103. The van der Waals surface area contributed by atoms with Crippen molar-refractivity contribution in [1.82, 2.24) is 4.57 Å². The third-order valence-corrected chi connectivity index (χ3v) is 3.52. The summed E-state index contributed by atoms with van der Waals surface area (Å²) in [6, 6.07) is 3.83. The minimum Gasteiger partial charge on any atom is -0.340 e. The molecule has 0 saturated heterocycles. The fourth-order valence-electron chi connectivity index (χ4n) is 1.81. The van der Waals surface area contributed by atoms with Crippen LogP contribution in [0.1, 0.15) is 10.5 Å². The van der Waals surface area contributed by atoms with Crippen molar-refractivity contribution < 1.29 is 4.79 Å². The van der Waals surface area contributed by atoms with Crippen LogP contribution in [0.2, 0.25) is 19.6 Å². The van der Waals surface area contributed by atoms with Gasteiger partial charge in [-0.05, 0) is 12.1 Å². The molecule has 1 aliphatic heterocycles. The van der Waals surface area contributed by atoms with Crippen LogP contribution < -0.4 is 0 Å². The maximum Gasteiger partial charge on any atom is 0.206 e. The van der Waals surface area contributed by atoms with E-state index in [0.29, 0.717) is 0 Å². The summed E-state index contributed by atoms with van der Waals surface area (Å²) in [5.41, 5.74) is 4.04. The Morgan fingerprint density at radius 2 is 2.14 bits per heavy atom. The van der Waals surface area contributed by atoms with Gasteiger partial charge in [-0.3, -0.25) is 4.79 Å². The van der Waals surface area contributed by atoms with Gasteiger partial charge < -0.3 is 4.57 Å². The molecule has 0 bridgehead atoms. The molecule has 1 aromatic rings. The molecule has 0 fully saturated rings. The number of hydrogen-bond acceptors (Lipinski definition) is 1. The summed E-state index contributed by atoms with van der Waals surface area (Å²) in [6.07, 6.45) is 1.97. The molecule has 0 atom stereocenters. The Morgan fingerprint density at radius 3 is 2.71 bits per heavy atom. The van der Waals surface area contributed by atoms with Crippen LogP contribution in [-0.2, 0) is 6.54 Å². The second kappa shape index (κ2) is 2.95. The second-order valence-electron chi connectivity index (χ2n) is 4.89. The molecule has 2 heterocycles. The summed E-state index contributed by atoms with van der Waals surface area (Å²) in [5.74, 6) is 0.220. The van der Waals surface area contributed by atoms with Crippen LogP contribution in [0.3, 0.4) is 0 Å². The molecule has 0 aliphatic carbocycles. The summed E-state index contributed by atoms with van der Waals surface area (Å²) in [4.78, 5) is 11.9. The largest absolute Gasteiger partial charge is 0.340 e. The maximum atomic E-state index is 11.9. The van der Waals surface area contributed by atoms with Crippen LogP contribution >= 0.6 is 0 Å². The molecule has 0 radical (unpaired) electrons. The lowest BCUT2D eigenvalue weighted by Crippen LogP contribution is -2.18. The van der Waals surface area contributed by atoms with Crippen molar-refractivity contribution in [2.75, 3.05) is 0 Å². The highest BCUT2D eigenvalue weighted by Crippen LogP contribution is 2.22. The highest BCUT2D eigenvalue weighted by molar-refractivity contribution is 6.81. The van der Waals surface area contributed by atoms with Crippen molar-refractivity contribution in [3.63, 3.8) is 0 Å². The predicted octanol–water partition coefficient (Wildman–Crippen LogP) is 2.49. The van der Waals surface area contributed by atoms with E-state index in [1.54, 1.807) is 0 Å². The summed E-state index contributed by atoms with van der Waals surface area (Å²) >= 11 is 0. The Morgan fingerprint density at radius 1 is 1.43 bits per heavy atom. The summed E-state index contributed by atoms with van der Waals surface area (Å²) in [6.45, 7) is 7.52. The number of allylic oxidation sites excluding steroid dienone is 1. The van der Waals surface area contributed by atoms with Crippen molar-refractivity contribution in [2.45, 2.75) is 26.2 Å². The van der Waals surface area contributed by atoms with Gasteiger partial charge in [-0.15, -0.1) is 0 Å². The molecule has 2 nitrogen and oxygen atoms in total. The van der Waals surface area contributed by atoms with E-state index in [-0.39, 0.29) is 5.78 Å². The van der Waals surface area contributed by atoms with E-state index < -0.39 is 8.07 Å². The molecule has 0 aromatic carbocycles. The van der Waals surface area contributed by atoms with Crippen molar-refractivity contribution >= 4 is 13.9 Å². The van der Waals surface area contributed by atoms with Crippen LogP contribution in [0.4, 0.5) is 0 Å². The van der Waals surface area contributed by atoms with Crippen LogP contribution in [0.25, 0.3) is 0 Å². The zero-order valence-electron chi connectivity index (χ0n) is 8.87.